The molecule has 0 fully saturated rings. The van der Waals surface area contributed by atoms with Crippen LogP contribution in [0.2, 0.25) is 0 Å². The van der Waals surface area contributed by atoms with Crippen LogP contribution in [0, 0.1) is 17.7 Å². The zero-order valence-electron chi connectivity index (χ0n) is 18.3. The monoisotopic (exact) mass is 468 g/mol. The minimum Gasteiger partial charge on any atom is -0.491 e. The lowest BCUT2D eigenvalue weighted by atomic mass is 9.68. The molecule has 0 amide bonds. The molecular formula is C26H26F6O. The highest BCUT2D eigenvalue weighted by Crippen LogP contribution is 2.59. The second-order valence-electron chi connectivity index (χ2n) is 8.77. The van der Waals surface area contributed by atoms with E-state index in [4.69, 9.17) is 4.74 Å². The number of halogens is 6. The smallest absolute Gasteiger partial charge is 0.343 e. The summed E-state index contributed by atoms with van der Waals surface area (Å²) < 4.78 is 95.9. The maximum Gasteiger partial charge on any atom is 0.343 e. The Morgan fingerprint density at radius 3 is 2.58 bits per heavy atom. The van der Waals surface area contributed by atoms with Gasteiger partial charge in [0, 0.05) is 11.5 Å². The van der Waals surface area contributed by atoms with Gasteiger partial charge >= 0.3 is 11.8 Å². The van der Waals surface area contributed by atoms with Gasteiger partial charge in [-0.25, -0.2) is 8.78 Å². The highest BCUT2D eigenvalue weighted by atomic mass is 19.3. The van der Waals surface area contributed by atoms with E-state index in [1.54, 1.807) is 0 Å². The molecule has 1 nitrogen and oxygen atoms in total. The highest BCUT2D eigenvalue weighted by molar-refractivity contribution is 5.85. The Bertz CT molecular complexity index is 1040. The van der Waals surface area contributed by atoms with E-state index in [1.165, 1.54) is 24.6 Å². The summed E-state index contributed by atoms with van der Waals surface area (Å²) in [4.78, 5) is 0. The Labute approximate surface area is 189 Å². The molecule has 1 aromatic carbocycles. The van der Waals surface area contributed by atoms with Gasteiger partial charge in [0.25, 0.3) is 0 Å². The Hall–Kier alpha value is -2.44. The van der Waals surface area contributed by atoms with E-state index in [9.17, 15) is 4.39 Å². The van der Waals surface area contributed by atoms with Crippen LogP contribution < -0.4 is 4.74 Å². The summed E-state index contributed by atoms with van der Waals surface area (Å²) in [6, 6.07) is 2.22. The van der Waals surface area contributed by atoms with Gasteiger partial charge < -0.3 is 4.74 Å². The molecule has 178 valence electrons. The lowest BCUT2D eigenvalue weighted by molar-refractivity contribution is -0.201. The van der Waals surface area contributed by atoms with E-state index in [-0.39, 0.29) is 18.1 Å². The third-order valence-corrected chi connectivity index (χ3v) is 6.89. The van der Waals surface area contributed by atoms with Crippen molar-refractivity contribution in [1.82, 2.24) is 0 Å². The Kier molecular flexibility index (Phi) is 6.27. The molecule has 3 atom stereocenters. The van der Waals surface area contributed by atoms with Crippen molar-refractivity contribution in [3.63, 3.8) is 0 Å². The quantitative estimate of drug-likeness (QED) is 0.304. The average Bonchev–Trinajstić information content (AvgIpc) is 2.78. The van der Waals surface area contributed by atoms with Crippen LogP contribution in [-0.4, -0.2) is 18.7 Å². The second-order valence-corrected chi connectivity index (χ2v) is 8.77. The number of fused-ring (bicyclic) bond motifs is 2. The molecule has 0 saturated carbocycles. The predicted molar refractivity (Wildman–Crippen MR) is 116 cm³/mol. The van der Waals surface area contributed by atoms with E-state index in [0.29, 0.717) is 19.3 Å². The molecular weight excluding hydrogens is 442 g/mol. The first kappa shape index (κ1) is 23.7. The van der Waals surface area contributed by atoms with E-state index in [1.807, 2.05) is 12.2 Å². The first-order chi connectivity index (χ1) is 15.6. The maximum atomic E-state index is 15.6. The van der Waals surface area contributed by atoms with Crippen molar-refractivity contribution in [1.29, 1.82) is 0 Å². The molecule has 0 N–H and O–H groups in total. The molecule has 0 aliphatic heterocycles. The zero-order chi connectivity index (χ0) is 24.0. The number of allylic oxidation sites excluding steroid dienone is 7. The molecule has 0 aromatic heterocycles. The standard InChI is InChI=1S/C26H26F6O/c1-3-5-6-15-7-9-16(10-8-15)17-11-12-18-19-13-14-20(33-4-2)24(28)22(19)26(31,32)25(29,30)21(18)23(17)27/h3,7,11-14,16-17,23H,1,4-6,8-10H2,2H3. The fourth-order valence-corrected chi connectivity index (χ4v) is 5.16. The molecule has 3 aliphatic rings. The molecule has 4 rings (SSSR count). The predicted octanol–water partition coefficient (Wildman–Crippen LogP) is 7.94. The third kappa shape index (κ3) is 3.73. The van der Waals surface area contributed by atoms with Crippen LogP contribution in [0.25, 0.3) is 5.57 Å². The lowest BCUT2D eigenvalue weighted by Crippen LogP contribution is -2.49. The van der Waals surface area contributed by atoms with Gasteiger partial charge in [-0.3, -0.25) is 0 Å². The van der Waals surface area contributed by atoms with Crippen LogP contribution in [0.1, 0.15) is 50.2 Å². The SMILES string of the molecule is C=CCCC1=CCC(C2C=CC3=C(C2F)C(F)(F)C(F)(F)c2c3ccc(OCC)c2F)CC1. The average molecular weight is 468 g/mol. The molecule has 3 aliphatic carbocycles. The van der Waals surface area contributed by atoms with Crippen LogP contribution in [0.15, 0.2) is 54.2 Å². The van der Waals surface area contributed by atoms with E-state index >= 15 is 22.0 Å². The summed E-state index contributed by atoms with van der Waals surface area (Å²) in [7, 11) is 0. The minimum absolute atomic E-state index is 0.0229. The molecule has 0 radical (unpaired) electrons. The van der Waals surface area contributed by atoms with Crippen LogP contribution in [0.5, 0.6) is 5.75 Å². The van der Waals surface area contributed by atoms with E-state index in [0.717, 1.165) is 25.0 Å². The molecule has 1 aromatic rings. The van der Waals surface area contributed by atoms with Crippen molar-refractivity contribution in [3.8, 4) is 5.75 Å². The number of hydrogen-bond acceptors (Lipinski definition) is 1. The molecule has 0 bridgehead atoms. The highest BCUT2D eigenvalue weighted by Gasteiger charge is 2.67. The molecule has 0 saturated heterocycles. The van der Waals surface area contributed by atoms with Crippen molar-refractivity contribution in [2.45, 2.75) is 57.0 Å². The fraction of sp³-hybridized carbons (Fsp3) is 0.462. The summed E-state index contributed by atoms with van der Waals surface area (Å²) >= 11 is 0. The van der Waals surface area contributed by atoms with Crippen LogP contribution in [-0.2, 0) is 5.92 Å². The third-order valence-electron chi connectivity index (χ3n) is 6.89. The topological polar surface area (TPSA) is 9.23 Å². The van der Waals surface area contributed by atoms with Gasteiger partial charge in [-0.05, 0) is 68.2 Å². The van der Waals surface area contributed by atoms with Gasteiger partial charge in [-0.2, -0.15) is 17.6 Å². The van der Waals surface area contributed by atoms with Gasteiger partial charge in [0.2, 0.25) is 0 Å². The van der Waals surface area contributed by atoms with Crippen LogP contribution >= 0.6 is 0 Å². The largest absolute Gasteiger partial charge is 0.491 e. The molecule has 0 heterocycles. The van der Waals surface area contributed by atoms with Crippen molar-refractivity contribution in [2.75, 3.05) is 6.61 Å². The minimum atomic E-state index is -4.91. The molecule has 7 heteroatoms. The summed E-state index contributed by atoms with van der Waals surface area (Å²) in [5.41, 5.74) is -2.28. The summed E-state index contributed by atoms with van der Waals surface area (Å²) in [6.07, 6.45) is 7.72. The normalized spacial score (nSPS) is 27.5. The Morgan fingerprint density at radius 2 is 1.94 bits per heavy atom. The number of alkyl halides is 5. The van der Waals surface area contributed by atoms with Crippen molar-refractivity contribution >= 4 is 5.57 Å². The van der Waals surface area contributed by atoms with Gasteiger partial charge in [0.1, 0.15) is 6.17 Å². The van der Waals surface area contributed by atoms with Crippen LogP contribution in [0.4, 0.5) is 26.3 Å². The van der Waals surface area contributed by atoms with Gasteiger partial charge in [0.15, 0.2) is 11.6 Å². The Morgan fingerprint density at radius 1 is 1.18 bits per heavy atom. The van der Waals surface area contributed by atoms with Crippen molar-refractivity contribution < 1.29 is 31.1 Å². The van der Waals surface area contributed by atoms with Crippen molar-refractivity contribution in [2.24, 2.45) is 11.8 Å². The number of benzene rings is 1. The van der Waals surface area contributed by atoms with Gasteiger partial charge in [-0.15, -0.1) is 6.58 Å². The summed E-state index contributed by atoms with van der Waals surface area (Å²) in [5.74, 6) is -13.1. The summed E-state index contributed by atoms with van der Waals surface area (Å²) in [6.45, 7) is 5.19. The number of ether oxygens (including phenoxy) is 1. The van der Waals surface area contributed by atoms with E-state index in [2.05, 4.69) is 6.58 Å². The maximum absolute atomic E-state index is 15.6. The van der Waals surface area contributed by atoms with Gasteiger partial charge in [-0.1, -0.05) is 29.9 Å². The Balaban J connectivity index is 1.72. The van der Waals surface area contributed by atoms with E-state index < -0.39 is 52.2 Å². The number of rotatable bonds is 6. The summed E-state index contributed by atoms with van der Waals surface area (Å²) in [5, 5.41) is 0. The zero-order valence-corrected chi connectivity index (χ0v) is 18.3. The van der Waals surface area contributed by atoms with Crippen LogP contribution in [0.3, 0.4) is 0 Å². The van der Waals surface area contributed by atoms with Gasteiger partial charge in [0.05, 0.1) is 12.2 Å². The number of hydrogen-bond donors (Lipinski definition) is 0. The lowest BCUT2D eigenvalue weighted by Gasteiger charge is -2.42. The molecule has 3 unspecified atom stereocenters. The first-order valence-corrected chi connectivity index (χ1v) is 11.2. The fourth-order valence-electron chi connectivity index (χ4n) is 5.16. The second kappa shape index (κ2) is 8.73. The molecule has 33 heavy (non-hydrogen) atoms. The van der Waals surface area contributed by atoms with Crippen molar-refractivity contribution in [3.05, 3.63) is 71.1 Å². The molecule has 0 spiro atoms. The first-order valence-electron chi connectivity index (χ1n) is 11.2.